The summed E-state index contributed by atoms with van der Waals surface area (Å²) in [6.45, 7) is 6.36. The van der Waals surface area contributed by atoms with Crippen molar-refractivity contribution in [2.75, 3.05) is 6.61 Å². The van der Waals surface area contributed by atoms with E-state index in [9.17, 15) is 4.79 Å². The average Bonchev–Trinajstić information content (AvgIpc) is 2.29. The van der Waals surface area contributed by atoms with Crippen molar-refractivity contribution in [1.29, 1.82) is 5.26 Å². The molecule has 0 aliphatic heterocycles. The van der Waals surface area contributed by atoms with Crippen molar-refractivity contribution < 1.29 is 9.53 Å². The Morgan fingerprint density at radius 1 is 1.39 bits per heavy atom. The van der Waals surface area contributed by atoms with Crippen molar-refractivity contribution in [3.05, 3.63) is 29.8 Å². The maximum atomic E-state index is 11.4. The Kier molecular flexibility index (Phi) is 4.73. The predicted molar refractivity (Wildman–Crippen MR) is 69.0 cm³/mol. The van der Waals surface area contributed by atoms with E-state index in [-0.39, 0.29) is 12.3 Å². The first-order valence-corrected chi connectivity index (χ1v) is 5.91. The molecule has 0 radical (unpaired) electrons. The van der Waals surface area contributed by atoms with Crippen LogP contribution in [0.15, 0.2) is 24.3 Å². The Morgan fingerprint density at radius 2 is 2.00 bits per heavy atom. The van der Waals surface area contributed by atoms with Gasteiger partial charge in [-0.25, -0.2) is 0 Å². The zero-order valence-corrected chi connectivity index (χ0v) is 11.0. The van der Waals surface area contributed by atoms with Crippen LogP contribution in [0.25, 0.3) is 0 Å². The van der Waals surface area contributed by atoms with Crippen LogP contribution in [0.3, 0.4) is 0 Å². The highest BCUT2D eigenvalue weighted by atomic mass is 16.5. The molecule has 0 aliphatic rings. The smallest absolute Gasteiger partial charge is 0.234 e. The normalized spacial score (nSPS) is 10.6. The summed E-state index contributed by atoms with van der Waals surface area (Å²) in [5.74, 6) is 0.539. The highest BCUT2D eigenvalue weighted by Crippen LogP contribution is 2.22. The molecule has 4 nitrogen and oxygen atoms in total. The van der Waals surface area contributed by atoms with Gasteiger partial charge in [0.15, 0.2) is 0 Å². The first kappa shape index (κ1) is 14.0. The summed E-state index contributed by atoms with van der Waals surface area (Å²) >= 11 is 0. The number of rotatable bonds is 5. The number of carbonyl (C=O) groups excluding carboxylic acids is 1. The number of nitriles is 1. The van der Waals surface area contributed by atoms with E-state index in [1.54, 1.807) is 0 Å². The minimum absolute atomic E-state index is 0.125. The Balaban J connectivity index is 2.78. The van der Waals surface area contributed by atoms with E-state index in [0.29, 0.717) is 6.61 Å². The molecule has 4 heteroatoms. The molecule has 96 valence electrons. The number of hydrogen-bond donors (Lipinski definition) is 1. The van der Waals surface area contributed by atoms with Crippen molar-refractivity contribution in [2.45, 2.75) is 32.7 Å². The number of nitrogens with zero attached hydrogens (tertiary/aromatic N) is 1. The molecule has 0 saturated carbocycles. The van der Waals surface area contributed by atoms with Gasteiger partial charge in [-0.3, -0.25) is 4.79 Å². The van der Waals surface area contributed by atoms with Gasteiger partial charge in [-0.2, -0.15) is 5.26 Å². The van der Waals surface area contributed by atoms with Crippen molar-refractivity contribution in [3.8, 4) is 11.8 Å². The molecule has 1 rings (SSSR count). The quantitative estimate of drug-likeness (QED) is 0.867. The second kappa shape index (κ2) is 6.06. The summed E-state index contributed by atoms with van der Waals surface area (Å²) in [4.78, 5) is 11.4. The minimum atomic E-state index is -0.501. The molecule has 0 spiro atoms. The number of ether oxygens (including phenoxy) is 1. The van der Waals surface area contributed by atoms with Crippen LogP contribution in [0.1, 0.15) is 32.8 Å². The topological polar surface area (TPSA) is 62.1 Å². The molecule has 0 atom stereocenters. The number of carbonyl (C=O) groups is 1. The third kappa shape index (κ3) is 3.77. The third-order valence-corrected chi connectivity index (χ3v) is 2.58. The summed E-state index contributed by atoms with van der Waals surface area (Å²) in [6.07, 6.45) is -0.125. The molecule has 0 aromatic heterocycles. The summed E-state index contributed by atoms with van der Waals surface area (Å²) in [6, 6.07) is 9.41. The third-order valence-electron chi connectivity index (χ3n) is 2.58. The molecule has 0 bridgehead atoms. The van der Waals surface area contributed by atoms with Gasteiger partial charge in [0, 0.05) is 0 Å². The summed E-state index contributed by atoms with van der Waals surface area (Å²) in [5, 5.41) is 11.3. The Bertz CT molecular complexity index is 444. The lowest BCUT2D eigenvalue weighted by atomic mass is 9.94. The molecule has 1 aromatic carbocycles. The van der Waals surface area contributed by atoms with Gasteiger partial charge >= 0.3 is 0 Å². The van der Waals surface area contributed by atoms with Crippen LogP contribution in [0.2, 0.25) is 0 Å². The summed E-state index contributed by atoms with van der Waals surface area (Å²) < 4.78 is 5.36. The zero-order chi connectivity index (χ0) is 13.6. The lowest BCUT2D eigenvalue weighted by molar-refractivity contribution is -0.121. The van der Waals surface area contributed by atoms with E-state index >= 15 is 0 Å². The van der Waals surface area contributed by atoms with Gasteiger partial charge in [0.05, 0.1) is 18.2 Å². The zero-order valence-electron chi connectivity index (χ0n) is 11.0. The standard InChI is InChI=1S/C14H18N2O2/c1-4-18-12-7-5-11(6-8-12)14(2,3)16-13(17)9-10-15/h5-8H,4,9H2,1-3H3,(H,16,17). The minimum Gasteiger partial charge on any atom is -0.494 e. The first-order chi connectivity index (χ1) is 8.49. The summed E-state index contributed by atoms with van der Waals surface area (Å²) in [7, 11) is 0. The monoisotopic (exact) mass is 246 g/mol. The molecule has 1 N–H and O–H groups in total. The molecular formula is C14H18N2O2. The van der Waals surface area contributed by atoms with Gasteiger partial charge in [-0.15, -0.1) is 0 Å². The average molecular weight is 246 g/mol. The first-order valence-electron chi connectivity index (χ1n) is 5.91. The van der Waals surface area contributed by atoms with Crippen LogP contribution in [0.5, 0.6) is 5.75 Å². The van der Waals surface area contributed by atoms with E-state index in [4.69, 9.17) is 10.00 Å². The fourth-order valence-electron chi connectivity index (χ4n) is 1.67. The fraction of sp³-hybridized carbons (Fsp3) is 0.429. The number of nitrogens with one attached hydrogen (secondary N) is 1. The Labute approximate surface area is 108 Å². The highest BCUT2D eigenvalue weighted by molar-refractivity contribution is 5.78. The van der Waals surface area contributed by atoms with Gasteiger partial charge in [0.25, 0.3) is 0 Å². The Hall–Kier alpha value is -2.02. The van der Waals surface area contributed by atoms with Crippen molar-refractivity contribution >= 4 is 5.91 Å². The maximum Gasteiger partial charge on any atom is 0.234 e. The molecule has 0 unspecified atom stereocenters. The maximum absolute atomic E-state index is 11.4. The van der Waals surface area contributed by atoms with Crippen LogP contribution in [-0.2, 0) is 10.3 Å². The van der Waals surface area contributed by atoms with Crippen LogP contribution in [0, 0.1) is 11.3 Å². The SMILES string of the molecule is CCOc1ccc(C(C)(C)NC(=O)CC#N)cc1. The molecule has 0 fully saturated rings. The van der Waals surface area contributed by atoms with E-state index in [1.165, 1.54) is 0 Å². The second-order valence-electron chi connectivity index (χ2n) is 4.47. The highest BCUT2D eigenvalue weighted by Gasteiger charge is 2.22. The molecular weight excluding hydrogens is 228 g/mol. The molecule has 0 saturated heterocycles. The number of hydrogen-bond acceptors (Lipinski definition) is 3. The van der Waals surface area contributed by atoms with Gasteiger partial charge in [-0.05, 0) is 38.5 Å². The van der Waals surface area contributed by atoms with Crippen LogP contribution >= 0.6 is 0 Å². The van der Waals surface area contributed by atoms with Crippen LogP contribution in [0.4, 0.5) is 0 Å². The molecule has 0 heterocycles. The van der Waals surface area contributed by atoms with Crippen molar-refractivity contribution in [2.24, 2.45) is 0 Å². The number of benzene rings is 1. The molecule has 1 amide bonds. The van der Waals surface area contributed by atoms with Crippen LogP contribution in [-0.4, -0.2) is 12.5 Å². The van der Waals surface area contributed by atoms with E-state index in [1.807, 2.05) is 51.1 Å². The second-order valence-corrected chi connectivity index (χ2v) is 4.47. The lowest BCUT2D eigenvalue weighted by Crippen LogP contribution is -2.40. The fourth-order valence-corrected chi connectivity index (χ4v) is 1.67. The predicted octanol–water partition coefficient (Wildman–Crippen LogP) is 2.35. The van der Waals surface area contributed by atoms with Gasteiger partial charge in [-0.1, -0.05) is 12.1 Å². The van der Waals surface area contributed by atoms with E-state index < -0.39 is 5.54 Å². The molecule has 1 aromatic rings. The lowest BCUT2D eigenvalue weighted by Gasteiger charge is -2.26. The van der Waals surface area contributed by atoms with Gasteiger partial charge in [0.2, 0.25) is 5.91 Å². The summed E-state index contributed by atoms with van der Waals surface area (Å²) in [5.41, 5.74) is 0.468. The molecule has 0 aliphatic carbocycles. The van der Waals surface area contributed by atoms with Crippen molar-refractivity contribution in [1.82, 2.24) is 5.32 Å². The van der Waals surface area contributed by atoms with Gasteiger partial charge in [0.1, 0.15) is 12.2 Å². The van der Waals surface area contributed by atoms with Gasteiger partial charge < -0.3 is 10.1 Å². The van der Waals surface area contributed by atoms with E-state index in [2.05, 4.69) is 5.32 Å². The number of amides is 1. The Morgan fingerprint density at radius 3 is 2.50 bits per heavy atom. The van der Waals surface area contributed by atoms with Crippen molar-refractivity contribution in [3.63, 3.8) is 0 Å². The van der Waals surface area contributed by atoms with E-state index in [0.717, 1.165) is 11.3 Å². The van der Waals surface area contributed by atoms with Crippen LogP contribution < -0.4 is 10.1 Å². The largest absolute Gasteiger partial charge is 0.494 e. The molecule has 18 heavy (non-hydrogen) atoms.